The van der Waals surface area contributed by atoms with Crippen molar-refractivity contribution >= 4 is 83.9 Å². The van der Waals surface area contributed by atoms with Gasteiger partial charge in [-0.25, -0.2) is 33.7 Å². The van der Waals surface area contributed by atoms with Crippen molar-refractivity contribution in [3.8, 4) is 17.6 Å². The summed E-state index contributed by atoms with van der Waals surface area (Å²) in [6.45, 7) is -2.82. The van der Waals surface area contributed by atoms with E-state index in [-0.39, 0.29) is 40.5 Å². The number of carbonyl (C=O) groups is 2. The molecule has 9 aromatic rings. The van der Waals surface area contributed by atoms with Crippen LogP contribution in [-0.4, -0.2) is 122 Å². The number of carbonyl (C=O) groups excluding carboxylic acids is 2. The summed E-state index contributed by atoms with van der Waals surface area (Å²) in [7, 11) is 0.159. The number of ether oxygens (including phenoxy) is 5. The molecule has 31 heteroatoms. The third kappa shape index (κ3) is 14.9. The van der Waals surface area contributed by atoms with Crippen molar-refractivity contribution < 1.29 is 69.7 Å². The predicted molar refractivity (Wildman–Crippen MR) is 331 cm³/mol. The number of nitriles is 1. The lowest BCUT2D eigenvalue weighted by Crippen LogP contribution is -2.38. The zero-order valence-corrected chi connectivity index (χ0v) is 52.3. The van der Waals surface area contributed by atoms with Crippen molar-refractivity contribution in [2.75, 3.05) is 44.7 Å². The van der Waals surface area contributed by atoms with Crippen LogP contribution in [0, 0.1) is 17.2 Å². The number of alkyl halides is 2. The fraction of sp³-hybridized carbons (Fsp3) is 0.300. The van der Waals surface area contributed by atoms with Crippen LogP contribution >= 0.6 is 13.9 Å². The van der Waals surface area contributed by atoms with E-state index in [0.29, 0.717) is 33.8 Å². The molecular formula is C60H59F2N12O13P2S2+. The number of amides is 2. The second kappa shape index (κ2) is 29.7. The van der Waals surface area contributed by atoms with Gasteiger partial charge in [0.2, 0.25) is 11.9 Å². The van der Waals surface area contributed by atoms with E-state index in [1.807, 2.05) is 91.3 Å². The zero-order chi connectivity index (χ0) is 64.2. The van der Waals surface area contributed by atoms with Crippen LogP contribution < -0.4 is 30.7 Å². The van der Waals surface area contributed by atoms with Gasteiger partial charge >= 0.3 is 13.9 Å². The summed E-state index contributed by atoms with van der Waals surface area (Å²) in [5.41, 5.74) is -0.374. The van der Waals surface area contributed by atoms with Crippen LogP contribution in [0.2, 0.25) is 0 Å². The molecule has 0 spiro atoms. The number of nitrogens with one attached hydrogen (secondary N) is 4. The van der Waals surface area contributed by atoms with Gasteiger partial charge in [0.05, 0.1) is 59.2 Å². The minimum atomic E-state index is -4.44. The molecule has 10 atom stereocenters. The molecule has 25 nitrogen and oxygen atoms in total. The number of anilines is 2. The number of hydrogen-bond acceptors (Lipinski definition) is 21. The predicted octanol–water partition coefficient (Wildman–Crippen LogP) is 8.95. The average Bonchev–Trinajstić information content (AvgIpc) is 1.87. The number of methoxy groups -OCH3 is 2. The number of fused-ring (bicyclic) bond motifs is 2. The van der Waals surface area contributed by atoms with Crippen LogP contribution in [0.1, 0.15) is 59.8 Å². The highest BCUT2D eigenvalue weighted by Gasteiger charge is 2.54. The first-order valence-corrected chi connectivity index (χ1v) is 32.8. The van der Waals surface area contributed by atoms with E-state index < -0.39 is 112 Å². The average molecular weight is 1320 g/mol. The van der Waals surface area contributed by atoms with Crippen molar-refractivity contribution in [2.45, 2.75) is 75.1 Å². The topological polar surface area (TPSA) is 303 Å². The summed E-state index contributed by atoms with van der Waals surface area (Å²) in [4.78, 5) is 66.5. The Kier molecular flexibility index (Phi) is 21.4. The van der Waals surface area contributed by atoms with Crippen molar-refractivity contribution in [3.63, 3.8) is 0 Å². The molecule has 0 aliphatic carbocycles. The molecule has 0 radical (unpaired) electrons. The molecule has 91 heavy (non-hydrogen) atoms. The Morgan fingerprint density at radius 1 is 0.780 bits per heavy atom. The Balaban J connectivity index is 0.00000143. The molecule has 4 aromatic carbocycles. The van der Waals surface area contributed by atoms with Gasteiger partial charge in [0, 0.05) is 23.6 Å². The lowest BCUT2D eigenvalue weighted by molar-refractivity contribution is -0.378. The number of aromatic nitrogens is 9. The van der Waals surface area contributed by atoms with Gasteiger partial charge in [-0.1, -0.05) is 97.3 Å². The van der Waals surface area contributed by atoms with E-state index in [9.17, 15) is 24.2 Å². The first-order valence-electron chi connectivity index (χ1n) is 28.1. The summed E-state index contributed by atoms with van der Waals surface area (Å²) in [5.74, 6) is -0.650. The molecule has 2 aliphatic rings. The second-order valence-electron chi connectivity index (χ2n) is 20.5. The minimum Gasteiger partial charge on any atom is -0.497 e. The highest BCUT2D eigenvalue weighted by molar-refractivity contribution is 8.25. The fourth-order valence-corrected chi connectivity index (χ4v) is 12.8. The number of hydrogen-bond donors (Lipinski definition) is 3. The number of halogens is 2. The third-order valence-electron chi connectivity index (χ3n) is 14.5. The number of benzene rings is 4. The van der Waals surface area contributed by atoms with Crippen LogP contribution in [0.4, 0.5) is 20.5 Å². The van der Waals surface area contributed by atoms with Gasteiger partial charge in [-0.15, -0.1) is 0 Å². The Labute approximate surface area is 530 Å². The van der Waals surface area contributed by atoms with Gasteiger partial charge in [-0.2, -0.15) is 14.8 Å². The molecule has 472 valence electrons. The Morgan fingerprint density at radius 3 is 1.98 bits per heavy atom. The SMILES string of the molecule is COc1ccc(C(OC[C@H]2O[C@@H](n3cnc4c(=O)[nH]c(NC(=O)C(C)C)nc43)[C@H](OP(=S)(OCCC#N)OC[C@H]3O[C@@H](n4cnc5c(NC(=O)c6ccccc6)ncnc54)[C@@H](F)[C@@H]3O[P+](=O)[S-])[C@@H]2F)(c2ccccc2)c2ccc(OC)cc2)cc1.c1cc[nH+]cc1. The first kappa shape index (κ1) is 65.6. The smallest absolute Gasteiger partial charge is 0.372 e. The standard InChI is InChI=1S/C55H53F2N11O13P2S2.C5H5N/c1-31(2)49(69)65-54-64-48-43(51(71)66-54)62-30-68(48)53-45(40(56)38(78-53)26-75-55(33-14-9-6-10-15-33,34-16-20-36(73-3)21-17-34)35-18-22-37(74-4)23-19-35)81-83(85,76-25-11-24-58)77-27-39-44(80-82(72)84)41(57)52(79-39)67-29-61-42-46(59-28-60-47(42)67)63-50(70)32-12-7-5-8-13-32;1-2-4-6-5-3-1/h5-10,12-23,28-31,38-41,44-45,52-53H,11,25-27H2,1-4H3,(H,59,60,63,70)(H2,64,65,66,69,71);1-5H/p+1/t38-,39-,40-,41+,44-,45-,52-,53-,83?;/m1./s1. The van der Waals surface area contributed by atoms with Gasteiger partial charge in [0.25, 0.3) is 11.5 Å². The molecule has 0 saturated carbocycles. The molecule has 2 unspecified atom stereocenters. The van der Waals surface area contributed by atoms with E-state index >= 15 is 8.78 Å². The van der Waals surface area contributed by atoms with E-state index in [1.54, 1.807) is 68.4 Å². The van der Waals surface area contributed by atoms with Gasteiger partial charge in [-0.05, 0) is 64.9 Å². The minimum absolute atomic E-state index is 0.00320. The maximum absolute atomic E-state index is 18.2. The maximum Gasteiger partial charge on any atom is 0.372 e. The Morgan fingerprint density at radius 2 is 1.38 bits per heavy atom. The Hall–Kier alpha value is -8.36. The second-order valence-corrected chi connectivity index (χ2v) is 25.0. The summed E-state index contributed by atoms with van der Waals surface area (Å²) in [6.07, 6.45) is -7.22. The summed E-state index contributed by atoms with van der Waals surface area (Å²) in [6, 6.07) is 39.6. The monoisotopic (exact) mass is 1320 g/mol. The lowest BCUT2D eigenvalue weighted by Gasteiger charge is -2.37. The zero-order valence-electron chi connectivity index (χ0n) is 48.9. The first-order chi connectivity index (χ1) is 44.0. The van der Waals surface area contributed by atoms with E-state index in [2.05, 4.69) is 45.5 Å². The lowest BCUT2D eigenvalue weighted by atomic mass is 9.80. The molecule has 7 heterocycles. The number of H-pyrrole nitrogens is 2. The number of aromatic amines is 2. The van der Waals surface area contributed by atoms with Crippen molar-refractivity contribution in [2.24, 2.45) is 5.92 Å². The summed E-state index contributed by atoms with van der Waals surface area (Å²) >= 11 is 10.9. The molecule has 11 rings (SSSR count). The van der Waals surface area contributed by atoms with Crippen LogP contribution in [-0.2, 0) is 71.3 Å². The van der Waals surface area contributed by atoms with Crippen LogP contribution in [0.15, 0.2) is 164 Å². The van der Waals surface area contributed by atoms with Gasteiger partial charge < -0.3 is 50.3 Å². The molecular weight excluding hydrogens is 1260 g/mol. The largest absolute Gasteiger partial charge is 0.497 e. The molecule has 2 aliphatic heterocycles. The highest BCUT2D eigenvalue weighted by atomic mass is 32.7. The molecule has 2 saturated heterocycles. The van der Waals surface area contributed by atoms with Crippen molar-refractivity contribution in [3.05, 3.63) is 191 Å². The Bertz CT molecular complexity index is 4050. The van der Waals surface area contributed by atoms with Crippen molar-refractivity contribution in [1.82, 2.24) is 39.0 Å². The molecule has 4 N–H and O–H groups in total. The van der Waals surface area contributed by atoms with E-state index in [0.717, 1.165) is 6.33 Å². The van der Waals surface area contributed by atoms with Gasteiger partial charge in [0.15, 0.2) is 71.4 Å². The van der Waals surface area contributed by atoms with E-state index in [4.69, 9.17) is 65.8 Å². The van der Waals surface area contributed by atoms with Gasteiger partial charge in [-0.3, -0.25) is 38.3 Å². The number of pyridine rings is 1. The van der Waals surface area contributed by atoms with Gasteiger partial charge in [0.1, 0.15) is 41.7 Å². The molecule has 0 bridgehead atoms. The number of nitrogens with zero attached hydrogens (tertiary/aromatic N) is 8. The number of imidazole rings is 2. The fourth-order valence-electron chi connectivity index (χ4n) is 10.0. The van der Waals surface area contributed by atoms with Crippen molar-refractivity contribution in [1.29, 1.82) is 5.26 Å². The molecule has 5 aromatic heterocycles. The van der Waals surface area contributed by atoms with Crippen LogP contribution in [0.25, 0.3) is 22.3 Å². The van der Waals surface area contributed by atoms with E-state index in [1.165, 1.54) is 36.0 Å². The van der Waals surface area contributed by atoms with Crippen LogP contribution in [0.3, 0.4) is 0 Å². The molecule has 2 amide bonds. The number of rotatable bonds is 24. The summed E-state index contributed by atoms with van der Waals surface area (Å²) < 4.78 is 105. The normalized spacial score (nSPS) is 20.5. The quantitative estimate of drug-likeness (QED) is 0.0220. The summed E-state index contributed by atoms with van der Waals surface area (Å²) in [5, 5.41) is 14.9. The highest BCUT2D eigenvalue weighted by Crippen LogP contribution is 2.56. The van der Waals surface area contributed by atoms with Crippen LogP contribution in [0.5, 0.6) is 11.5 Å². The maximum atomic E-state index is 18.2. The third-order valence-corrected chi connectivity index (χ3v) is 17.5. The molecule has 2 fully saturated rings.